The van der Waals surface area contributed by atoms with E-state index in [0.29, 0.717) is 33.7 Å². The number of nitrogens with zero attached hydrogens (tertiary/aromatic N) is 2. The van der Waals surface area contributed by atoms with E-state index in [1.165, 1.54) is 18.8 Å². The summed E-state index contributed by atoms with van der Waals surface area (Å²) in [5.74, 6) is 0.994. The molecule has 0 fully saturated rings. The van der Waals surface area contributed by atoms with Crippen molar-refractivity contribution in [1.29, 1.82) is 0 Å². The lowest BCUT2D eigenvalue weighted by molar-refractivity contribution is 0.103. The van der Waals surface area contributed by atoms with E-state index in [0.717, 1.165) is 0 Å². The summed E-state index contributed by atoms with van der Waals surface area (Å²) in [7, 11) is 3.07. The maximum absolute atomic E-state index is 12.8. The molecule has 4 rings (SSSR count). The monoisotopic (exact) mass is 308 g/mol. The van der Waals surface area contributed by atoms with Crippen molar-refractivity contribution in [2.24, 2.45) is 0 Å². The predicted molar refractivity (Wildman–Crippen MR) is 83.9 cm³/mol. The van der Waals surface area contributed by atoms with Crippen molar-refractivity contribution in [2.45, 2.75) is 0 Å². The quantitative estimate of drug-likeness (QED) is 0.566. The molecule has 1 aromatic heterocycles. The molecule has 0 amide bonds. The van der Waals surface area contributed by atoms with E-state index >= 15 is 0 Å². The van der Waals surface area contributed by atoms with Gasteiger partial charge in [0.1, 0.15) is 11.5 Å². The molecule has 6 nitrogen and oxygen atoms in total. The molecule has 0 atom stereocenters. The van der Waals surface area contributed by atoms with E-state index in [-0.39, 0.29) is 17.2 Å². The third-order valence-corrected chi connectivity index (χ3v) is 3.97. The first-order valence-corrected chi connectivity index (χ1v) is 6.98. The van der Waals surface area contributed by atoms with Crippen molar-refractivity contribution >= 4 is 16.7 Å². The summed E-state index contributed by atoms with van der Waals surface area (Å²) < 4.78 is 11.7. The highest BCUT2D eigenvalue weighted by Crippen LogP contribution is 2.30. The minimum Gasteiger partial charge on any atom is -0.497 e. The molecule has 0 bridgehead atoms. The Morgan fingerprint density at radius 1 is 0.957 bits per heavy atom. The molecule has 1 aliphatic rings. The zero-order valence-electron chi connectivity index (χ0n) is 12.5. The standard InChI is InChI=1S/C17H12N2O4/c1-22-9-3-5-11-13(7-9)18-16-15(20)12-6-4-10(23-2)8-14(12)19(16)17(11)21/h3-8H,1-2H3. The molecule has 3 aromatic rings. The van der Waals surface area contributed by atoms with Crippen molar-refractivity contribution in [2.75, 3.05) is 14.2 Å². The van der Waals surface area contributed by atoms with Gasteiger partial charge in [0.25, 0.3) is 5.56 Å². The van der Waals surface area contributed by atoms with E-state index in [4.69, 9.17) is 9.47 Å². The number of methoxy groups -OCH3 is 2. The highest BCUT2D eigenvalue weighted by molar-refractivity contribution is 6.13. The zero-order chi connectivity index (χ0) is 16.1. The second kappa shape index (κ2) is 4.67. The number of carbonyl (C=O) groups is 1. The number of ketones is 1. The number of carbonyl (C=O) groups excluding carboxylic acids is 1. The van der Waals surface area contributed by atoms with Crippen LogP contribution in [0.3, 0.4) is 0 Å². The molecule has 2 aromatic carbocycles. The van der Waals surface area contributed by atoms with Crippen LogP contribution in [0.5, 0.6) is 11.5 Å². The van der Waals surface area contributed by atoms with Crippen LogP contribution in [0.2, 0.25) is 0 Å². The van der Waals surface area contributed by atoms with Gasteiger partial charge in [0.05, 0.1) is 36.4 Å². The van der Waals surface area contributed by atoms with E-state index in [1.54, 1.807) is 36.4 Å². The molecule has 6 heteroatoms. The van der Waals surface area contributed by atoms with Crippen molar-refractivity contribution < 1.29 is 14.3 Å². The molecule has 1 aliphatic heterocycles. The number of hydrogen-bond acceptors (Lipinski definition) is 5. The molecule has 0 aliphatic carbocycles. The van der Waals surface area contributed by atoms with Crippen LogP contribution in [-0.2, 0) is 0 Å². The Morgan fingerprint density at radius 2 is 1.65 bits per heavy atom. The van der Waals surface area contributed by atoms with Gasteiger partial charge in [-0.3, -0.25) is 14.2 Å². The van der Waals surface area contributed by atoms with Crippen LogP contribution in [0.25, 0.3) is 16.6 Å². The lowest BCUT2D eigenvalue weighted by atomic mass is 10.1. The van der Waals surface area contributed by atoms with E-state index in [2.05, 4.69) is 4.98 Å². The Labute approximate surface area is 130 Å². The summed E-state index contributed by atoms with van der Waals surface area (Å²) in [6, 6.07) is 10.0. The second-order valence-electron chi connectivity index (χ2n) is 5.17. The molecule has 0 radical (unpaired) electrons. The Morgan fingerprint density at radius 3 is 2.39 bits per heavy atom. The summed E-state index contributed by atoms with van der Waals surface area (Å²) in [5, 5.41) is 0.429. The van der Waals surface area contributed by atoms with Crippen LogP contribution >= 0.6 is 0 Å². The topological polar surface area (TPSA) is 70.4 Å². The number of aromatic nitrogens is 2. The molecule has 0 saturated heterocycles. The van der Waals surface area contributed by atoms with Crippen LogP contribution in [0.4, 0.5) is 0 Å². The molecule has 0 N–H and O–H groups in total. The molecule has 0 spiro atoms. The van der Waals surface area contributed by atoms with Gasteiger partial charge in [-0.2, -0.15) is 0 Å². The minimum absolute atomic E-state index is 0.110. The largest absolute Gasteiger partial charge is 0.497 e. The van der Waals surface area contributed by atoms with Gasteiger partial charge in [0.2, 0.25) is 5.78 Å². The Balaban J connectivity index is 2.09. The van der Waals surface area contributed by atoms with E-state index < -0.39 is 0 Å². The molecule has 0 unspecified atom stereocenters. The molecular weight excluding hydrogens is 296 g/mol. The molecule has 0 saturated carbocycles. The lowest BCUT2D eigenvalue weighted by Crippen LogP contribution is -2.21. The summed E-state index contributed by atoms with van der Waals surface area (Å²) in [6.45, 7) is 0. The maximum atomic E-state index is 12.8. The van der Waals surface area contributed by atoms with Crippen LogP contribution in [0.15, 0.2) is 41.2 Å². The number of ether oxygens (including phenoxy) is 2. The van der Waals surface area contributed by atoms with Crippen molar-refractivity contribution in [3.63, 3.8) is 0 Å². The first-order chi connectivity index (χ1) is 11.1. The van der Waals surface area contributed by atoms with E-state index in [9.17, 15) is 9.59 Å². The molecule has 2 heterocycles. The lowest BCUT2D eigenvalue weighted by Gasteiger charge is -2.07. The third kappa shape index (κ3) is 1.78. The van der Waals surface area contributed by atoms with Crippen LogP contribution < -0.4 is 15.0 Å². The fourth-order valence-electron chi connectivity index (χ4n) is 2.80. The number of benzene rings is 2. The second-order valence-corrected chi connectivity index (χ2v) is 5.17. The Kier molecular flexibility index (Phi) is 2.74. The smallest absolute Gasteiger partial charge is 0.266 e. The van der Waals surface area contributed by atoms with Gasteiger partial charge in [0, 0.05) is 12.1 Å². The SMILES string of the molecule is COc1ccc2c(c1)-n1c(nc3cc(OC)ccc3c1=O)C2=O. The molecular formula is C17H12N2O4. The van der Waals surface area contributed by atoms with Gasteiger partial charge in [-0.15, -0.1) is 0 Å². The van der Waals surface area contributed by atoms with Crippen LogP contribution in [0.1, 0.15) is 16.2 Å². The molecule has 23 heavy (non-hydrogen) atoms. The Bertz CT molecular complexity index is 1040. The first-order valence-electron chi connectivity index (χ1n) is 6.98. The minimum atomic E-state index is -0.284. The first kappa shape index (κ1) is 13.5. The van der Waals surface area contributed by atoms with Crippen LogP contribution in [-0.4, -0.2) is 29.6 Å². The fraction of sp³-hybridized carbons (Fsp3) is 0.118. The highest BCUT2D eigenvalue weighted by atomic mass is 16.5. The van der Waals surface area contributed by atoms with Gasteiger partial charge in [-0.1, -0.05) is 0 Å². The van der Waals surface area contributed by atoms with Gasteiger partial charge in [-0.25, -0.2) is 4.98 Å². The molecule has 114 valence electrons. The Hall–Kier alpha value is -3.15. The number of hydrogen-bond donors (Lipinski definition) is 0. The van der Waals surface area contributed by atoms with E-state index in [1.807, 2.05) is 0 Å². The zero-order valence-corrected chi connectivity index (χ0v) is 12.5. The third-order valence-electron chi connectivity index (χ3n) is 3.97. The average Bonchev–Trinajstić information content (AvgIpc) is 2.86. The summed E-state index contributed by atoms with van der Waals surface area (Å²) in [5.41, 5.74) is 1.10. The van der Waals surface area contributed by atoms with Crippen molar-refractivity contribution in [3.8, 4) is 17.2 Å². The number of fused-ring (bicyclic) bond motifs is 4. The van der Waals surface area contributed by atoms with Crippen molar-refractivity contribution in [3.05, 3.63) is 58.1 Å². The van der Waals surface area contributed by atoms with Crippen LogP contribution in [0, 0.1) is 0 Å². The normalized spacial score (nSPS) is 12.2. The summed E-state index contributed by atoms with van der Waals surface area (Å²) in [4.78, 5) is 29.7. The van der Waals surface area contributed by atoms with Gasteiger partial charge >= 0.3 is 0 Å². The highest BCUT2D eigenvalue weighted by Gasteiger charge is 2.30. The predicted octanol–water partition coefficient (Wildman–Crippen LogP) is 1.95. The van der Waals surface area contributed by atoms with Gasteiger partial charge in [0.15, 0.2) is 5.82 Å². The number of rotatable bonds is 2. The van der Waals surface area contributed by atoms with Crippen molar-refractivity contribution in [1.82, 2.24) is 9.55 Å². The fourth-order valence-corrected chi connectivity index (χ4v) is 2.80. The summed E-state index contributed by atoms with van der Waals surface area (Å²) in [6.07, 6.45) is 0. The van der Waals surface area contributed by atoms with Gasteiger partial charge < -0.3 is 9.47 Å². The average molecular weight is 308 g/mol. The summed E-state index contributed by atoms with van der Waals surface area (Å²) >= 11 is 0. The maximum Gasteiger partial charge on any atom is 0.266 e. The van der Waals surface area contributed by atoms with Gasteiger partial charge in [-0.05, 0) is 24.3 Å².